The van der Waals surface area contributed by atoms with E-state index in [2.05, 4.69) is 15.7 Å². The molecule has 2 heterocycles. The Bertz CT molecular complexity index is 664. The molecule has 0 aromatic carbocycles. The fraction of sp³-hybridized carbons (Fsp3) is 0.706. The highest BCUT2D eigenvalue weighted by Crippen LogP contribution is 2.26. The van der Waals surface area contributed by atoms with Crippen molar-refractivity contribution in [2.24, 2.45) is 7.05 Å². The first-order chi connectivity index (χ1) is 11.6. The summed E-state index contributed by atoms with van der Waals surface area (Å²) in [6.45, 7) is 1.78. The van der Waals surface area contributed by atoms with Gasteiger partial charge in [-0.1, -0.05) is 0 Å². The predicted molar refractivity (Wildman–Crippen MR) is 88.7 cm³/mol. The standard InChI is InChI=1S/C17H25N5O2/c1-21-13-5-3-2-4-12(13)15(20-21)17(24)22-9-8-18-10-14(22)16(23)19-11-6-7-11/h11,14,18H,2-10H2,1H3,(H,19,23)/t14-/m1/s1. The molecule has 0 unspecified atom stereocenters. The maximum atomic E-state index is 13.1. The van der Waals surface area contributed by atoms with Crippen LogP contribution >= 0.6 is 0 Å². The van der Waals surface area contributed by atoms with Gasteiger partial charge in [-0.3, -0.25) is 14.3 Å². The van der Waals surface area contributed by atoms with Crippen LogP contribution < -0.4 is 10.6 Å². The zero-order valence-corrected chi connectivity index (χ0v) is 14.2. The van der Waals surface area contributed by atoms with E-state index in [4.69, 9.17) is 0 Å². The largest absolute Gasteiger partial charge is 0.352 e. The number of fused-ring (bicyclic) bond motifs is 1. The van der Waals surface area contributed by atoms with Gasteiger partial charge in [0.1, 0.15) is 6.04 Å². The molecule has 1 saturated heterocycles. The second-order valence-corrected chi connectivity index (χ2v) is 7.11. The van der Waals surface area contributed by atoms with Crippen LogP contribution in [0.3, 0.4) is 0 Å². The second-order valence-electron chi connectivity index (χ2n) is 7.11. The number of hydrogen-bond acceptors (Lipinski definition) is 4. The van der Waals surface area contributed by atoms with E-state index >= 15 is 0 Å². The monoisotopic (exact) mass is 331 g/mol. The highest BCUT2D eigenvalue weighted by atomic mass is 16.2. The molecule has 4 rings (SSSR count). The van der Waals surface area contributed by atoms with E-state index in [0.717, 1.165) is 44.1 Å². The number of amides is 2. The first kappa shape index (κ1) is 15.6. The summed E-state index contributed by atoms with van der Waals surface area (Å²) in [4.78, 5) is 27.4. The van der Waals surface area contributed by atoms with Crippen molar-refractivity contribution in [3.63, 3.8) is 0 Å². The molecular weight excluding hydrogens is 306 g/mol. The second kappa shape index (κ2) is 6.20. The minimum absolute atomic E-state index is 0.0390. The predicted octanol–water partition coefficient (Wildman–Crippen LogP) is -0.00850. The molecule has 0 bridgehead atoms. The van der Waals surface area contributed by atoms with Crippen LogP contribution in [-0.4, -0.2) is 58.2 Å². The van der Waals surface area contributed by atoms with Gasteiger partial charge in [0, 0.05) is 44.0 Å². The summed E-state index contributed by atoms with van der Waals surface area (Å²) >= 11 is 0. The maximum absolute atomic E-state index is 13.1. The third-order valence-corrected chi connectivity index (χ3v) is 5.30. The summed E-state index contributed by atoms with van der Waals surface area (Å²) in [6.07, 6.45) is 6.25. The Kier molecular flexibility index (Phi) is 4.04. The van der Waals surface area contributed by atoms with Crippen LogP contribution in [0.25, 0.3) is 0 Å². The number of aryl methyl sites for hydroxylation is 1. The fourth-order valence-corrected chi connectivity index (χ4v) is 3.79. The van der Waals surface area contributed by atoms with Crippen molar-refractivity contribution in [2.75, 3.05) is 19.6 Å². The van der Waals surface area contributed by atoms with Crippen LogP contribution in [0.2, 0.25) is 0 Å². The average Bonchev–Trinajstić information content (AvgIpc) is 3.36. The molecule has 0 spiro atoms. The Balaban J connectivity index is 1.58. The lowest BCUT2D eigenvalue weighted by molar-refractivity contribution is -0.126. The van der Waals surface area contributed by atoms with Crippen LogP contribution in [0.5, 0.6) is 0 Å². The van der Waals surface area contributed by atoms with Crippen molar-refractivity contribution in [1.29, 1.82) is 0 Å². The van der Waals surface area contributed by atoms with Gasteiger partial charge in [-0.15, -0.1) is 0 Å². The summed E-state index contributed by atoms with van der Waals surface area (Å²) in [7, 11) is 1.91. The van der Waals surface area contributed by atoms with Crippen LogP contribution in [-0.2, 0) is 24.7 Å². The van der Waals surface area contributed by atoms with Gasteiger partial charge in [-0.25, -0.2) is 0 Å². The van der Waals surface area contributed by atoms with Crippen LogP contribution in [0.15, 0.2) is 0 Å². The van der Waals surface area contributed by atoms with Crippen LogP contribution in [0, 0.1) is 0 Å². The Morgan fingerprint density at radius 1 is 1.25 bits per heavy atom. The van der Waals surface area contributed by atoms with Gasteiger partial charge in [-0.05, 0) is 38.5 Å². The molecule has 2 N–H and O–H groups in total. The number of nitrogens with zero attached hydrogens (tertiary/aromatic N) is 3. The van der Waals surface area contributed by atoms with Gasteiger partial charge in [0.15, 0.2) is 5.69 Å². The molecule has 1 saturated carbocycles. The molecule has 24 heavy (non-hydrogen) atoms. The number of rotatable bonds is 3. The third-order valence-electron chi connectivity index (χ3n) is 5.30. The molecule has 130 valence electrons. The summed E-state index contributed by atoms with van der Waals surface area (Å²) < 4.78 is 1.85. The Morgan fingerprint density at radius 3 is 2.83 bits per heavy atom. The van der Waals surface area contributed by atoms with E-state index < -0.39 is 6.04 Å². The molecule has 2 aliphatic carbocycles. The molecule has 3 aliphatic rings. The van der Waals surface area contributed by atoms with Crippen molar-refractivity contribution < 1.29 is 9.59 Å². The first-order valence-corrected chi connectivity index (χ1v) is 9.02. The Morgan fingerprint density at radius 2 is 2.04 bits per heavy atom. The van der Waals surface area contributed by atoms with Crippen molar-refractivity contribution in [3.05, 3.63) is 17.0 Å². The number of hydrogen-bond donors (Lipinski definition) is 2. The molecule has 0 radical (unpaired) electrons. The lowest BCUT2D eigenvalue weighted by Crippen LogP contribution is -2.60. The van der Waals surface area contributed by atoms with Crippen molar-refractivity contribution in [3.8, 4) is 0 Å². The number of nitrogens with one attached hydrogen (secondary N) is 2. The van der Waals surface area contributed by atoms with Crippen molar-refractivity contribution in [2.45, 2.75) is 50.6 Å². The molecular formula is C17H25N5O2. The zero-order valence-electron chi connectivity index (χ0n) is 14.2. The zero-order chi connectivity index (χ0) is 16.7. The highest BCUT2D eigenvalue weighted by Gasteiger charge is 2.37. The minimum Gasteiger partial charge on any atom is -0.352 e. The lowest BCUT2D eigenvalue weighted by atomic mass is 9.95. The normalized spacial score (nSPS) is 23.7. The van der Waals surface area contributed by atoms with Crippen molar-refractivity contribution in [1.82, 2.24) is 25.3 Å². The molecule has 1 aromatic rings. The van der Waals surface area contributed by atoms with E-state index in [1.165, 1.54) is 5.69 Å². The summed E-state index contributed by atoms with van der Waals surface area (Å²) in [5.74, 6) is -0.131. The number of piperazine rings is 1. The summed E-state index contributed by atoms with van der Waals surface area (Å²) in [5.41, 5.74) is 2.82. The first-order valence-electron chi connectivity index (χ1n) is 9.02. The van der Waals surface area contributed by atoms with Gasteiger partial charge in [-0.2, -0.15) is 5.10 Å². The molecule has 2 amide bonds. The van der Waals surface area contributed by atoms with Crippen LogP contribution in [0.1, 0.15) is 47.4 Å². The number of carbonyl (C=O) groups is 2. The van der Waals surface area contributed by atoms with E-state index in [1.54, 1.807) is 4.90 Å². The third kappa shape index (κ3) is 2.81. The van der Waals surface area contributed by atoms with E-state index in [1.807, 2.05) is 11.7 Å². The summed E-state index contributed by atoms with van der Waals surface area (Å²) in [5, 5.41) is 10.8. The van der Waals surface area contributed by atoms with E-state index in [-0.39, 0.29) is 11.8 Å². The van der Waals surface area contributed by atoms with Gasteiger partial charge in [0.25, 0.3) is 5.91 Å². The van der Waals surface area contributed by atoms with E-state index in [0.29, 0.717) is 31.4 Å². The van der Waals surface area contributed by atoms with Gasteiger partial charge in [0.05, 0.1) is 0 Å². The summed E-state index contributed by atoms with van der Waals surface area (Å²) in [6, 6.07) is -0.132. The number of carbonyl (C=O) groups excluding carboxylic acids is 2. The van der Waals surface area contributed by atoms with Crippen LogP contribution in [0.4, 0.5) is 0 Å². The molecule has 7 nitrogen and oxygen atoms in total. The number of aromatic nitrogens is 2. The van der Waals surface area contributed by atoms with Gasteiger partial charge >= 0.3 is 0 Å². The Hall–Kier alpha value is -1.89. The lowest BCUT2D eigenvalue weighted by Gasteiger charge is -2.35. The molecule has 1 aromatic heterocycles. The van der Waals surface area contributed by atoms with Gasteiger partial charge < -0.3 is 15.5 Å². The Labute approximate surface area is 141 Å². The molecule has 7 heteroatoms. The minimum atomic E-state index is -0.437. The highest BCUT2D eigenvalue weighted by molar-refractivity contribution is 5.97. The topological polar surface area (TPSA) is 79.3 Å². The SMILES string of the molecule is Cn1nc(C(=O)N2CCNC[C@@H]2C(=O)NC2CC2)c2c1CCCC2. The van der Waals surface area contributed by atoms with Gasteiger partial charge in [0.2, 0.25) is 5.91 Å². The quantitative estimate of drug-likeness (QED) is 0.817. The molecule has 2 fully saturated rings. The molecule has 1 aliphatic heterocycles. The maximum Gasteiger partial charge on any atom is 0.275 e. The van der Waals surface area contributed by atoms with E-state index in [9.17, 15) is 9.59 Å². The smallest absolute Gasteiger partial charge is 0.275 e. The molecule has 1 atom stereocenters. The van der Waals surface area contributed by atoms with Crippen molar-refractivity contribution >= 4 is 11.8 Å². The fourth-order valence-electron chi connectivity index (χ4n) is 3.79. The average molecular weight is 331 g/mol.